The first-order valence-corrected chi connectivity index (χ1v) is 15.2. The van der Waals surface area contributed by atoms with E-state index in [4.69, 9.17) is 14.5 Å². The second-order valence-electron chi connectivity index (χ2n) is 12.9. The number of nitrogens with zero attached hydrogens (tertiary/aromatic N) is 5. The lowest BCUT2D eigenvalue weighted by molar-refractivity contribution is 0.00320. The van der Waals surface area contributed by atoms with Gasteiger partial charge in [-0.05, 0) is 93.9 Å². The highest BCUT2D eigenvalue weighted by atomic mass is 79.9. The van der Waals surface area contributed by atoms with Crippen molar-refractivity contribution in [1.82, 2.24) is 19.8 Å². The summed E-state index contributed by atoms with van der Waals surface area (Å²) in [6.07, 6.45) is 4.63. The quantitative estimate of drug-likeness (QED) is 0.424. The summed E-state index contributed by atoms with van der Waals surface area (Å²) in [6, 6.07) is 3.61. The van der Waals surface area contributed by atoms with E-state index in [9.17, 15) is 9.18 Å². The Morgan fingerprint density at radius 3 is 2.60 bits per heavy atom. The van der Waals surface area contributed by atoms with Gasteiger partial charge in [-0.15, -0.1) is 0 Å². The molecule has 1 aromatic carbocycles. The Hall–Kier alpha value is -2.27. The van der Waals surface area contributed by atoms with Gasteiger partial charge in [-0.1, -0.05) is 0 Å². The molecule has 5 heterocycles. The highest BCUT2D eigenvalue weighted by Crippen LogP contribution is 2.43. The van der Waals surface area contributed by atoms with E-state index in [1.54, 1.807) is 6.07 Å². The molecule has 218 valence electrons. The van der Waals surface area contributed by atoms with Gasteiger partial charge in [-0.25, -0.2) is 13.6 Å². The molecule has 6 rings (SSSR count). The zero-order valence-corrected chi connectivity index (χ0v) is 25.1. The van der Waals surface area contributed by atoms with Crippen LogP contribution in [0.2, 0.25) is 0 Å². The fraction of sp³-hybridized carbons (Fsp3) is 0.690. The Morgan fingerprint density at radius 1 is 1.10 bits per heavy atom. The monoisotopic (exact) mass is 621 g/mol. The number of alkyl halides is 1. The number of piperidine rings is 1. The first-order valence-electron chi connectivity index (χ1n) is 14.4. The van der Waals surface area contributed by atoms with E-state index >= 15 is 4.39 Å². The number of halogens is 3. The van der Waals surface area contributed by atoms with E-state index in [-0.39, 0.29) is 35.3 Å². The Kier molecular flexibility index (Phi) is 7.12. The second kappa shape index (κ2) is 10.2. The molecule has 4 saturated heterocycles. The summed E-state index contributed by atoms with van der Waals surface area (Å²) < 4.78 is 41.8. The number of carbonyl (C=O) groups is 1. The third-order valence-electron chi connectivity index (χ3n) is 9.15. The third kappa shape index (κ3) is 5.01. The first-order chi connectivity index (χ1) is 19.0. The number of hydrogen-bond donors (Lipinski definition) is 0. The van der Waals surface area contributed by atoms with Crippen LogP contribution in [-0.2, 0) is 4.74 Å². The number of aromatic nitrogens is 2. The number of rotatable bonds is 4. The molecule has 0 bridgehead atoms. The minimum absolute atomic E-state index is 0.111. The Morgan fingerprint density at radius 2 is 1.85 bits per heavy atom. The molecule has 2 aromatic rings. The average Bonchev–Trinajstić information content (AvgIpc) is 3.56. The summed E-state index contributed by atoms with van der Waals surface area (Å²) in [4.78, 5) is 28.6. The number of ether oxygens (including phenoxy) is 2. The zero-order chi connectivity index (χ0) is 28.3. The summed E-state index contributed by atoms with van der Waals surface area (Å²) >= 11 is 3.29. The van der Waals surface area contributed by atoms with Crippen LogP contribution >= 0.6 is 15.9 Å². The molecule has 11 heteroatoms. The lowest BCUT2D eigenvalue weighted by atomic mass is 9.85. The maximum atomic E-state index is 15.3. The van der Waals surface area contributed by atoms with Crippen molar-refractivity contribution in [3.05, 3.63) is 22.4 Å². The van der Waals surface area contributed by atoms with Crippen molar-refractivity contribution in [3.8, 4) is 6.01 Å². The van der Waals surface area contributed by atoms with Gasteiger partial charge in [0.15, 0.2) is 5.82 Å². The van der Waals surface area contributed by atoms with Crippen molar-refractivity contribution in [3.63, 3.8) is 0 Å². The smallest absolute Gasteiger partial charge is 0.410 e. The van der Waals surface area contributed by atoms with E-state index in [0.717, 1.165) is 45.1 Å². The standard InChI is InChI=1S/C29H38BrF2N5O3/c1-27(2,3)40-26(38)37-13-5-8-28(37)10-14-35(15-11-28)24-20-6-7-21(30)22(32)23(20)33-25(34-24)39-18-29-9-4-12-36(29)17-19(31)16-29/h6-7,19H,4-5,8-18H2,1-3H3/t19-,29+/m1/s1. The average molecular weight is 623 g/mol. The topological polar surface area (TPSA) is 71.0 Å². The number of amides is 1. The molecule has 1 spiro atoms. The number of likely N-dealkylation sites (tertiary alicyclic amines) is 1. The molecule has 0 saturated carbocycles. The number of carbonyl (C=O) groups excluding carboxylic acids is 1. The highest BCUT2D eigenvalue weighted by molar-refractivity contribution is 9.10. The van der Waals surface area contributed by atoms with Crippen molar-refractivity contribution < 1.29 is 23.0 Å². The van der Waals surface area contributed by atoms with Crippen LogP contribution in [0, 0.1) is 5.82 Å². The lowest BCUT2D eigenvalue weighted by Crippen LogP contribution is -2.55. The molecule has 0 unspecified atom stereocenters. The number of benzene rings is 1. The summed E-state index contributed by atoms with van der Waals surface area (Å²) in [5.41, 5.74) is -0.944. The predicted molar refractivity (Wildman–Crippen MR) is 152 cm³/mol. The fourth-order valence-electron chi connectivity index (χ4n) is 7.25. The minimum atomic E-state index is -0.859. The molecule has 0 radical (unpaired) electrons. The van der Waals surface area contributed by atoms with Gasteiger partial charge < -0.3 is 19.3 Å². The summed E-state index contributed by atoms with van der Waals surface area (Å²) in [7, 11) is 0. The van der Waals surface area contributed by atoms with E-state index < -0.39 is 17.6 Å². The van der Waals surface area contributed by atoms with E-state index in [2.05, 4.69) is 30.7 Å². The number of anilines is 1. The van der Waals surface area contributed by atoms with Crippen LogP contribution in [0.3, 0.4) is 0 Å². The van der Waals surface area contributed by atoms with Gasteiger partial charge in [0.25, 0.3) is 0 Å². The maximum absolute atomic E-state index is 15.3. The predicted octanol–water partition coefficient (Wildman–Crippen LogP) is 5.86. The van der Waals surface area contributed by atoms with Gasteiger partial charge in [0, 0.05) is 43.5 Å². The summed E-state index contributed by atoms with van der Waals surface area (Å²) in [6.45, 7) is 9.26. The molecular formula is C29H38BrF2N5O3. The fourth-order valence-corrected chi connectivity index (χ4v) is 7.57. The number of fused-ring (bicyclic) bond motifs is 2. The van der Waals surface area contributed by atoms with Crippen LogP contribution in [0.5, 0.6) is 6.01 Å². The molecule has 4 fully saturated rings. The van der Waals surface area contributed by atoms with Crippen molar-refractivity contribution >= 4 is 38.7 Å². The van der Waals surface area contributed by atoms with Crippen LogP contribution in [-0.4, -0.2) is 88.0 Å². The third-order valence-corrected chi connectivity index (χ3v) is 9.77. The van der Waals surface area contributed by atoms with Crippen molar-refractivity contribution in [2.45, 2.75) is 88.6 Å². The molecule has 4 aliphatic heterocycles. The molecule has 2 atom stereocenters. The van der Waals surface area contributed by atoms with Gasteiger partial charge in [-0.3, -0.25) is 4.90 Å². The van der Waals surface area contributed by atoms with E-state index in [0.29, 0.717) is 48.3 Å². The van der Waals surface area contributed by atoms with Gasteiger partial charge in [0.1, 0.15) is 29.7 Å². The van der Waals surface area contributed by atoms with Crippen LogP contribution in [0.15, 0.2) is 16.6 Å². The van der Waals surface area contributed by atoms with Crippen molar-refractivity contribution in [1.29, 1.82) is 0 Å². The lowest BCUT2D eigenvalue weighted by Gasteiger charge is -2.45. The van der Waals surface area contributed by atoms with Gasteiger partial charge >= 0.3 is 12.1 Å². The van der Waals surface area contributed by atoms with E-state index in [1.165, 1.54) is 0 Å². The molecule has 0 N–H and O–H groups in total. The molecule has 1 amide bonds. The van der Waals surface area contributed by atoms with Crippen LogP contribution < -0.4 is 9.64 Å². The first kappa shape index (κ1) is 27.9. The Labute approximate surface area is 242 Å². The maximum Gasteiger partial charge on any atom is 0.410 e. The minimum Gasteiger partial charge on any atom is -0.461 e. The molecular weight excluding hydrogens is 584 g/mol. The molecule has 8 nitrogen and oxygen atoms in total. The largest absolute Gasteiger partial charge is 0.461 e. The van der Waals surface area contributed by atoms with Crippen molar-refractivity contribution in [2.75, 3.05) is 44.2 Å². The summed E-state index contributed by atoms with van der Waals surface area (Å²) in [5, 5.41) is 0.616. The van der Waals surface area contributed by atoms with Gasteiger partial charge in [-0.2, -0.15) is 9.97 Å². The van der Waals surface area contributed by atoms with Crippen LogP contribution in [0.25, 0.3) is 10.9 Å². The Bertz CT molecular complexity index is 1300. The van der Waals surface area contributed by atoms with Crippen molar-refractivity contribution in [2.24, 2.45) is 0 Å². The Balaban J connectivity index is 1.25. The molecule has 40 heavy (non-hydrogen) atoms. The van der Waals surface area contributed by atoms with Crippen LogP contribution in [0.1, 0.15) is 65.7 Å². The van der Waals surface area contributed by atoms with Crippen LogP contribution in [0.4, 0.5) is 19.4 Å². The van der Waals surface area contributed by atoms with Gasteiger partial charge in [0.05, 0.1) is 10.0 Å². The molecule has 1 aromatic heterocycles. The number of hydrogen-bond acceptors (Lipinski definition) is 7. The molecule has 0 aliphatic carbocycles. The highest BCUT2D eigenvalue weighted by Gasteiger charge is 2.50. The zero-order valence-electron chi connectivity index (χ0n) is 23.5. The molecule has 4 aliphatic rings. The summed E-state index contributed by atoms with van der Waals surface area (Å²) in [5.74, 6) is 0.162. The SMILES string of the molecule is CC(C)(C)OC(=O)N1CCCC12CCN(c1nc(OC[C@@]34CCCN3C[C@H](F)C4)nc3c(F)c(Br)ccc13)CC2. The normalized spacial score (nSPS) is 26.6. The van der Waals surface area contributed by atoms with Gasteiger partial charge in [0.2, 0.25) is 0 Å². The van der Waals surface area contributed by atoms with E-state index in [1.807, 2.05) is 31.7 Å². The second-order valence-corrected chi connectivity index (χ2v) is 13.8.